The molecular weight excluding hydrogens is 665 g/mol. The molecule has 2 bridgehead atoms. The molecule has 9 heteroatoms. The highest BCUT2D eigenvalue weighted by Crippen LogP contribution is 2.50. The maximum atomic E-state index is 12.8. The number of nitrogens with zero attached hydrogens (tertiary/aromatic N) is 1. The number of aliphatic hydroxyl groups is 2. The second-order valence-corrected chi connectivity index (χ2v) is 15.4. The van der Waals surface area contributed by atoms with Gasteiger partial charge in [-0.3, -0.25) is 10.1 Å². The smallest absolute Gasteiger partial charge is 0.191 e. The molecule has 0 amide bonds. The lowest BCUT2D eigenvalue weighted by Gasteiger charge is -2.35. The van der Waals surface area contributed by atoms with E-state index in [2.05, 4.69) is 64.2 Å². The number of nitrogens with one attached hydrogen (secondary N) is 2. The van der Waals surface area contributed by atoms with E-state index in [0.717, 1.165) is 96.6 Å². The number of aromatic nitrogens is 2. The number of hydrogen-bond acceptors (Lipinski definition) is 7. The van der Waals surface area contributed by atoms with E-state index < -0.39 is 29.8 Å². The van der Waals surface area contributed by atoms with Gasteiger partial charge >= 0.3 is 0 Å². The maximum Gasteiger partial charge on any atom is 0.191 e. The van der Waals surface area contributed by atoms with Gasteiger partial charge in [0.2, 0.25) is 0 Å². The molecule has 0 saturated heterocycles. The summed E-state index contributed by atoms with van der Waals surface area (Å²) >= 11 is 0. The predicted molar refractivity (Wildman–Crippen MR) is 204 cm³/mol. The van der Waals surface area contributed by atoms with Crippen molar-refractivity contribution in [2.24, 2.45) is 17.1 Å². The molecule has 1 spiro atoms. The van der Waals surface area contributed by atoms with Crippen LogP contribution in [-0.2, 0) is 24.1 Å². The zero-order chi connectivity index (χ0) is 36.5. The van der Waals surface area contributed by atoms with E-state index in [0.29, 0.717) is 37.2 Å². The number of benzene rings is 2. The van der Waals surface area contributed by atoms with E-state index in [-0.39, 0.29) is 18.4 Å². The Morgan fingerprint density at radius 2 is 1.94 bits per heavy atom. The van der Waals surface area contributed by atoms with Gasteiger partial charge in [0.05, 0.1) is 29.1 Å². The van der Waals surface area contributed by atoms with E-state index in [1.807, 2.05) is 30.3 Å². The van der Waals surface area contributed by atoms with Gasteiger partial charge < -0.3 is 35.0 Å². The van der Waals surface area contributed by atoms with Crippen molar-refractivity contribution in [3.05, 3.63) is 82.3 Å². The summed E-state index contributed by atoms with van der Waals surface area (Å²) in [7, 11) is 0. The minimum atomic E-state index is -1.01. The van der Waals surface area contributed by atoms with Crippen molar-refractivity contribution in [2.75, 3.05) is 6.54 Å². The third-order valence-corrected chi connectivity index (χ3v) is 11.9. The number of aliphatic hydroxyl groups excluding tert-OH is 2. The number of carbonyl (C=O) groups is 1. The van der Waals surface area contributed by atoms with Crippen molar-refractivity contribution >= 4 is 16.7 Å². The van der Waals surface area contributed by atoms with Gasteiger partial charge in [-0.2, -0.15) is 0 Å². The van der Waals surface area contributed by atoms with Crippen LogP contribution in [0.15, 0.2) is 48.9 Å². The second kappa shape index (κ2) is 15.1. The predicted octanol–water partition coefficient (Wildman–Crippen LogP) is 6.65. The van der Waals surface area contributed by atoms with Gasteiger partial charge in [-0.1, -0.05) is 75.0 Å². The van der Waals surface area contributed by atoms with Gasteiger partial charge in [0.1, 0.15) is 18.0 Å². The number of aryl methyl sites for hydroxylation is 1. The van der Waals surface area contributed by atoms with Crippen molar-refractivity contribution in [1.29, 1.82) is 0 Å². The zero-order valence-corrected chi connectivity index (χ0v) is 30.5. The number of aromatic amines is 1. The Kier molecular flexibility index (Phi) is 10.1. The Morgan fingerprint density at radius 1 is 1.09 bits per heavy atom. The highest BCUT2D eigenvalue weighted by atomic mass is 16.5. The summed E-state index contributed by atoms with van der Waals surface area (Å²) in [5, 5.41) is 26.7. The topological polar surface area (TPSA) is 135 Å². The van der Waals surface area contributed by atoms with E-state index >= 15 is 0 Å². The minimum absolute atomic E-state index is 0.0526. The van der Waals surface area contributed by atoms with Crippen molar-refractivity contribution in [3.8, 4) is 35.4 Å². The average molecular weight is 715 g/mol. The minimum Gasteiger partial charge on any atom is -0.465 e. The first kappa shape index (κ1) is 35.5. The number of unbranched alkanes of at least 4 members (excludes halogenated alkanes) is 2. The summed E-state index contributed by atoms with van der Waals surface area (Å²) in [6.45, 7) is 2.90. The zero-order valence-electron chi connectivity index (χ0n) is 30.5. The van der Waals surface area contributed by atoms with Crippen molar-refractivity contribution < 1.29 is 24.5 Å². The quantitative estimate of drug-likeness (QED) is 0.0968. The van der Waals surface area contributed by atoms with Crippen LogP contribution in [0.1, 0.15) is 123 Å². The summed E-state index contributed by atoms with van der Waals surface area (Å²) in [5.74, 6) is 11.1. The summed E-state index contributed by atoms with van der Waals surface area (Å²) < 4.78 is 15.3. The monoisotopic (exact) mass is 714 g/mol. The van der Waals surface area contributed by atoms with Gasteiger partial charge in [0, 0.05) is 49.8 Å². The van der Waals surface area contributed by atoms with Crippen molar-refractivity contribution in [3.63, 3.8) is 0 Å². The largest absolute Gasteiger partial charge is 0.465 e. The van der Waals surface area contributed by atoms with E-state index in [9.17, 15) is 15.0 Å². The molecular formula is C44H50N4O5. The fourth-order valence-electron chi connectivity index (χ4n) is 8.94. The Labute approximate surface area is 311 Å². The molecule has 0 radical (unpaired) electrons. The molecule has 2 aromatic heterocycles. The number of carbonyl (C=O) groups excluding carboxylic acids is 1. The Morgan fingerprint density at radius 3 is 2.79 bits per heavy atom. The molecule has 8 rings (SSSR count). The van der Waals surface area contributed by atoms with E-state index in [1.54, 1.807) is 0 Å². The number of ketones is 1. The lowest BCUT2D eigenvalue weighted by molar-refractivity contribution is -0.121. The van der Waals surface area contributed by atoms with Crippen LogP contribution in [0, 0.1) is 35.2 Å². The standard InChI is InChI=1S/C44H50N4O5/c1-2-3-4-7-30(49)24-31(50)10-8-28-9-15-40-41(22-28)53-43-37(44(19-21-52-40)17-5-6-18-44)13-14-39(51)33-11-12-34-32(16-20-46-42(34)45)35(33)23-29-25-47-38-27-48(43)26-36(29)38/h9,11-12,15,22,25-27,30,37,39,42-43,46-47,49,51H,2-8,10,16-18,20,23-24,45H2,1H3/t30-,37-,39+,42+,43+/m1/s1. The van der Waals surface area contributed by atoms with Crippen LogP contribution in [0.2, 0.25) is 0 Å². The molecule has 1 saturated carbocycles. The highest BCUT2D eigenvalue weighted by molar-refractivity contribution is 5.83. The molecule has 4 aromatic rings. The van der Waals surface area contributed by atoms with Gasteiger partial charge in [0.15, 0.2) is 17.7 Å². The molecule has 1 fully saturated rings. The van der Waals surface area contributed by atoms with Gasteiger partial charge in [-0.25, -0.2) is 0 Å². The lowest BCUT2D eigenvalue weighted by Crippen LogP contribution is -2.36. The fourth-order valence-corrected chi connectivity index (χ4v) is 8.94. The van der Waals surface area contributed by atoms with Crippen LogP contribution in [0.4, 0.5) is 0 Å². The van der Waals surface area contributed by atoms with Crippen LogP contribution in [0.5, 0.6) is 11.5 Å². The molecule has 0 unspecified atom stereocenters. The summed E-state index contributed by atoms with van der Waals surface area (Å²) in [6, 6.07) is 9.80. The number of nitrogens with two attached hydrogens (primary N) is 1. The molecule has 9 nitrogen and oxygen atoms in total. The normalized spacial score (nSPS) is 23.1. The van der Waals surface area contributed by atoms with E-state index in [4.69, 9.17) is 15.2 Å². The molecule has 5 atom stereocenters. The van der Waals surface area contributed by atoms with Gasteiger partial charge in [-0.05, 0) is 77.6 Å². The SMILES string of the molecule is CCCCC[C@@H](O)CC(=O)CCc1ccc2c(c1)O[C@H]1[C@@H](C#C[C@H](O)c3ccc4c(c3Cc3c[nH]c5cn1cc35)CCN[C@@H]4N)C1(C#CO2)CCCC1. The van der Waals surface area contributed by atoms with Crippen LogP contribution in [-0.4, -0.2) is 38.2 Å². The first-order valence-electron chi connectivity index (χ1n) is 19.5. The number of fused-ring (bicyclic) bond motifs is 8. The number of rotatable bonds is 9. The van der Waals surface area contributed by atoms with Crippen LogP contribution in [0.3, 0.4) is 0 Å². The van der Waals surface area contributed by atoms with Crippen molar-refractivity contribution in [2.45, 2.75) is 115 Å². The van der Waals surface area contributed by atoms with Crippen LogP contribution in [0.25, 0.3) is 10.9 Å². The Bertz CT molecular complexity index is 2120. The first-order valence-corrected chi connectivity index (χ1v) is 19.5. The number of hydrogen-bond donors (Lipinski definition) is 5. The number of ether oxygens (including phenoxy) is 2. The molecule has 6 N–H and O–H groups in total. The van der Waals surface area contributed by atoms with Gasteiger partial charge in [-0.15, -0.1) is 0 Å². The average Bonchev–Trinajstić information content (AvgIpc) is 3.89. The molecule has 53 heavy (non-hydrogen) atoms. The van der Waals surface area contributed by atoms with Crippen molar-refractivity contribution in [1.82, 2.24) is 14.9 Å². The third-order valence-electron chi connectivity index (χ3n) is 11.9. The molecule has 1 aliphatic carbocycles. The summed E-state index contributed by atoms with van der Waals surface area (Å²) in [5.41, 5.74) is 13.2. The number of H-pyrrole nitrogens is 1. The summed E-state index contributed by atoms with van der Waals surface area (Å²) in [6.07, 6.45) is 16.9. The van der Waals surface area contributed by atoms with E-state index in [1.165, 1.54) is 5.56 Å². The highest BCUT2D eigenvalue weighted by Gasteiger charge is 2.46. The number of Topliss-reactive ketones (excluding diaryl/α,β-unsaturated/α-hetero) is 1. The third kappa shape index (κ3) is 7.12. The maximum absolute atomic E-state index is 12.8. The Balaban J connectivity index is 1.17. The molecule has 276 valence electrons. The second-order valence-electron chi connectivity index (χ2n) is 15.4. The summed E-state index contributed by atoms with van der Waals surface area (Å²) in [4.78, 5) is 16.3. The van der Waals surface area contributed by atoms with Gasteiger partial charge in [0.25, 0.3) is 0 Å². The fraction of sp³-hybridized carbons (Fsp3) is 0.477. The molecule has 3 aliphatic heterocycles. The lowest BCUT2D eigenvalue weighted by atomic mass is 9.73. The molecule has 5 heterocycles. The molecule has 4 aliphatic rings. The van der Waals surface area contributed by atoms with Crippen LogP contribution >= 0.6 is 0 Å². The first-order chi connectivity index (χ1) is 25.8. The van der Waals surface area contributed by atoms with Crippen LogP contribution < -0.4 is 20.5 Å². The molecule has 2 aromatic carbocycles. The Hall–Kier alpha value is -4.51.